The van der Waals surface area contributed by atoms with Crippen LogP contribution < -0.4 is 11.1 Å². The second kappa shape index (κ2) is 8.15. The Bertz CT molecular complexity index is 674. The lowest BCUT2D eigenvalue weighted by atomic mass is 10.2. The summed E-state index contributed by atoms with van der Waals surface area (Å²) in [6, 6.07) is 0. The highest BCUT2D eigenvalue weighted by Gasteiger charge is 2.38. The second-order valence-corrected chi connectivity index (χ2v) is 4.16. The molecule has 0 unspecified atom stereocenters. The Balaban J connectivity index is 3.20. The summed E-state index contributed by atoms with van der Waals surface area (Å²) in [6.45, 7) is 0.969. The first-order chi connectivity index (χ1) is 11.2. The quantitative estimate of drug-likeness (QED) is 0.441. The lowest BCUT2D eigenvalue weighted by Gasteiger charge is -2.12. The molecule has 1 aromatic heterocycles. The molecule has 8 nitrogen and oxygen atoms in total. The number of carbonyl (C=O) groups is 3. The Hall–Kier alpha value is -2.82. The van der Waals surface area contributed by atoms with Crippen molar-refractivity contribution in [3.63, 3.8) is 0 Å². The maximum Gasteiger partial charge on any atom is 0.434 e. The third kappa shape index (κ3) is 4.84. The minimum Gasteiger partial charge on any atom is -0.462 e. The summed E-state index contributed by atoms with van der Waals surface area (Å²) in [4.78, 5) is 40.2. The van der Waals surface area contributed by atoms with Crippen LogP contribution >= 0.6 is 0 Å². The van der Waals surface area contributed by atoms with Crippen LogP contribution in [-0.2, 0) is 20.5 Å². The van der Waals surface area contributed by atoms with Crippen molar-refractivity contribution in [1.82, 2.24) is 9.97 Å². The predicted octanol–water partition coefficient (Wildman–Crippen LogP) is 0.695. The standard InChI is InChI=1S/C13H13F3N4O4/c1-2-24-11(23)8-6-18-12(19-9(8)13(14,15)16)20-10(22)7(5-17)3-4-21/h3-4,6H,2,5,17H2,1H3,(H,18,19,20,22)/b7-3-. The highest BCUT2D eigenvalue weighted by molar-refractivity contribution is 6.05. The summed E-state index contributed by atoms with van der Waals surface area (Å²) < 4.78 is 43.6. The number of esters is 1. The molecule has 0 bridgehead atoms. The van der Waals surface area contributed by atoms with Gasteiger partial charge in [-0.3, -0.25) is 14.9 Å². The predicted molar refractivity (Wildman–Crippen MR) is 74.8 cm³/mol. The van der Waals surface area contributed by atoms with Gasteiger partial charge >= 0.3 is 12.1 Å². The SMILES string of the molecule is CCOC(=O)c1cnc(NC(=O)/C(=C\C=O)CN)nc1C(F)(F)F. The molecular weight excluding hydrogens is 333 g/mol. The van der Waals surface area contributed by atoms with Gasteiger partial charge in [0.15, 0.2) is 5.69 Å². The third-order valence-corrected chi connectivity index (χ3v) is 2.56. The lowest BCUT2D eigenvalue weighted by molar-refractivity contribution is -0.141. The average molecular weight is 346 g/mol. The fourth-order valence-electron chi connectivity index (χ4n) is 1.52. The first-order valence-electron chi connectivity index (χ1n) is 6.51. The Kier molecular flexibility index (Phi) is 6.53. The number of nitrogens with zero attached hydrogens (tertiary/aromatic N) is 2. The Morgan fingerprint density at radius 1 is 1.42 bits per heavy atom. The third-order valence-electron chi connectivity index (χ3n) is 2.56. The van der Waals surface area contributed by atoms with Crippen molar-refractivity contribution in [1.29, 1.82) is 0 Å². The number of aromatic nitrogens is 2. The van der Waals surface area contributed by atoms with E-state index in [0.29, 0.717) is 12.5 Å². The smallest absolute Gasteiger partial charge is 0.434 e. The molecule has 1 heterocycles. The van der Waals surface area contributed by atoms with Crippen molar-refractivity contribution in [2.45, 2.75) is 13.1 Å². The van der Waals surface area contributed by atoms with E-state index in [1.54, 1.807) is 0 Å². The Labute approximate surface area is 133 Å². The molecule has 1 aromatic rings. The topological polar surface area (TPSA) is 124 Å². The van der Waals surface area contributed by atoms with E-state index >= 15 is 0 Å². The molecule has 3 N–H and O–H groups in total. The van der Waals surface area contributed by atoms with Gasteiger partial charge in [0.25, 0.3) is 5.91 Å². The van der Waals surface area contributed by atoms with Crippen molar-refractivity contribution >= 4 is 24.1 Å². The summed E-state index contributed by atoms with van der Waals surface area (Å²) in [5.41, 5.74) is 2.62. The van der Waals surface area contributed by atoms with Gasteiger partial charge in [-0.15, -0.1) is 0 Å². The number of nitrogens with one attached hydrogen (secondary N) is 1. The number of aldehydes is 1. The van der Waals surface area contributed by atoms with E-state index in [4.69, 9.17) is 5.73 Å². The van der Waals surface area contributed by atoms with Gasteiger partial charge in [-0.05, 0) is 13.0 Å². The van der Waals surface area contributed by atoms with E-state index in [9.17, 15) is 27.6 Å². The summed E-state index contributed by atoms with van der Waals surface area (Å²) in [5.74, 6) is -2.89. The van der Waals surface area contributed by atoms with Crippen LogP contribution in [0.1, 0.15) is 23.0 Å². The second-order valence-electron chi connectivity index (χ2n) is 4.16. The summed E-state index contributed by atoms with van der Waals surface area (Å²) >= 11 is 0. The highest BCUT2D eigenvalue weighted by atomic mass is 19.4. The normalized spacial score (nSPS) is 11.8. The molecule has 11 heteroatoms. The monoisotopic (exact) mass is 346 g/mol. The number of hydrogen-bond acceptors (Lipinski definition) is 7. The molecule has 0 aliphatic heterocycles. The number of rotatable bonds is 6. The molecule has 0 saturated carbocycles. The molecule has 1 rings (SSSR count). The molecule has 0 aromatic carbocycles. The van der Waals surface area contributed by atoms with Gasteiger partial charge < -0.3 is 10.5 Å². The zero-order valence-corrected chi connectivity index (χ0v) is 12.4. The van der Waals surface area contributed by atoms with Crippen LogP contribution in [0.2, 0.25) is 0 Å². The number of amides is 1. The molecule has 0 aliphatic carbocycles. The van der Waals surface area contributed by atoms with Gasteiger partial charge in [0.2, 0.25) is 5.95 Å². The minimum absolute atomic E-state index is 0.134. The summed E-state index contributed by atoms with van der Waals surface area (Å²) in [5, 5.41) is 1.97. The van der Waals surface area contributed by atoms with E-state index < -0.39 is 35.3 Å². The largest absolute Gasteiger partial charge is 0.462 e. The van der Waals surface area contributed by atoms with E-state index in [-0.39, 0.29) is 18.7 Å². The zero-order chi connectivity index (χ0) is 18.3. The summed E-state index contributed by atoms with van der Waals surface area (Å²) in [7, 11) is 0. The van der Waals surface area contributed by atoms with Crippen LogP contribution in [0.25, 0.3) is 0 Å². The van der Waals surface area contributed by atoms with E-state index in [2.05, 4.69) is 14.7 Å². The molecule has 0 atom stereocenters. The fourth-order valence-corrected chi connectivity index (χ4v) is 1.52. The van der Waals surface area contributed by atoms with Crippen LogP contribution in [0.5, 0.6) is 0 Å². The first kappa shape index (κ1) is 19.2. The molecule has 24 heavy (non-hydrogen) atoms. The molecule has 130 valence electrons. The van der Waals surface area contributed by atoms with Crippen LogP contribution in [0.15, 0.2) is 17.8 Å². The van der Waals surface area contributed by atoms with Gasteiger partial charge in [0.1, 0.15) is 11.8 Å². The number of anilines is 1. The maximum absolute atomic E-state index is 13.0. The molecular formula is C13H13F3N4O4. The number of hydrogen-bond donors (Lipinski definition) is 2. The molecule has 1 amide bonds. The minimum atomic E-state index is -4.97. The van der Waals surface area contributed by atoms with E-state index in [0.717, 1.165) is 6.08 Å². The number of halogens is 3. The van der Waals surface area contributed by atoms with Gasteiger partial charge in [-0.1, -0.05) is 0 Å². The van der Waals surface area contributed by atoms with Gasteiger partial charge in [0.05, 0.1) is 6.61 Å². The number of ether oxygens (including phenoxy) is 1. The molecule has 0 spiro atoms. The molecule has 0 aliphatic rings. The van der Waals surface area contributed by atoms with E-state index in [1.807, 2.05) is 5.32 Å². The Morgan fingerprint density at radius 3 is 2.58 bits per heavy atom. The molecule has 0 fully saturated rings. The van der Waals surface area contributed by atoms with Gasteiger partial charge in [-0.25, -0.2) is 14.8 Å². The number of nitrogens with two attached hydrogens (primary N) is 1. The van der Waals surface area contributed by atoms with Crippen molar-refractivity contribution in [2.75, 3.05) is 18.5 Å². The zero-order valence-electron chi connectivity index (χ0n) is 12.4. The first-order valence-corrected chi connectivity index (χ1v) is 6.51. The molecule has 0 saturated heterocycles. The Morgan fingerprint density at radius 2 is 2.08 bits per heavy atom. The van der Waals surface area contributed by atoms with Crippen molar-refractivity contribution in [2.24, 2.45) is 5.73 Å². The number of allylic oxidation sites excluding steroid dienone is 1. The molecule has 0 radical (unpaired) electrons. The van der Waals surface area contributed by atoms with Crippen molar-refractivity contribution in [3.05, 3.63) is 29.1 Å². The average Bonchev–Trinajstić information content (AvgIpc) is 2.51. The lowest BCUT2D eigenvalue weighted by Crippen LogP contribution is -2.24. The van der Waals surface area contributed by atoms with Crippen molar-refractivity contribution < 1.29 is 32.3 Å². The fraction of sp³-hybridized carbons (Fsp3) is 0.308. The number of alkyl halides is 3. The highest BCUT2D eigenvalue weighted by Crippen LogP contribution is 2.31. The van der Waals surface area contributed by atoms with Crippen LogP contribution in [0, 0.1) is 0 Å². The van der Waals surface area contributed by atoms with Crippen LogP contribution in [-0.4, -0.2) is 41.3 Å². The van der Waals surface area contributed by atoms with Gasteiger partial charge in [-0.2, -0.15) is 13.2 Å². The number of carbonyl (C=O) groups excluding carboxylic acids is 3. The maximum atomic E-state index is 13.0. The summed E-state index contributed by atoms with van der Waals surface area (Å²) in [6.07, 6.45) is -3.23. The van der Waals surface area contributed by atoms with Crippen LogP contribution in [0.4, 0.5) is 19.1 Å². The van der Waals surface area contributed by atoms with Crippen LogP contribution in [0.3, 0.4) is 0 Å². The van der Waals surface area contributed by atoms with Gasteiger partial charge in [0, 0.05) is 18.3 Å². The van der Waals surface area contributed by atoms with E-state index in [1.165, 1.54) is 6.92 Å². The van der Waals surface area contributed by atoms with Crippen molar-refractivity contribution in [3.8, 4) is 0 Å².